The van der Waals surface area contributed by atoms with E-state index in [1.54, 1.807) is 6.33 Å². The van der Waals surface area contributed by atoms with Crippen molar-refractivity contribution >= 4 is 5.82 Å². The van der Waals surface area contributed by atoms with Gasteiger partial charge in [0.1, 0.15) is 12.1 Å². The first kappa shape index (κ1) is 15.3. The summed E-state index contributed by atoms with van der Waals surface area (Å²) in [6.45, 7) is 4.53. The summed E-state index contributed by atoms with van der Waals surface area (Å²) < 4.78 is 0. The van der Waals surface area contributed by atoms with Crippen LogP contribution in [0.1, 0.15) is 76.5 Å². The van der Waals surface area contributed by atoms with E-state index in [-0.39, 0.29) is 0 Å². The van der Waals surface area contributed by atoms with E-state index in [0.717, 1.165) is 18.7 Å². The molecule has 3 nitrogen and oxygen atoms in total. The maximum Gasteiger partial charge on any atom is 0.133 e. The Balaban J connectivity index is 2.10. The minimum Gasteiger partial charge on any atom is -0.367 e. The number of nitrogens with zero attached hydrogens (tertiary/aromatic N) is 2. The van der Waals surface area contributed by atoms with Gasteiger partial charge in [-0.1, -0.05) is 39.5 Å². The van der Waals surface area contributed by atoms with Gasteiger partial charge in [-0.2, -0.15) is 0 Å². The van der Waals surface area contributed by atoms with Crippen LogP contribution in [0, 0.1) is 0 Å². The van der Waals surface area contributed by atoms with Crippen molar-refractivity contribution in [2.45, 2.75) is 84.1 Å². The number of nitrogens with one attached hydrogen (secondary N) is 1. The molecule has 0 spiro atoms. The molecule has 1 aromatic rings. The summed E-state index contributed by atoms with van der Waals surface area (Å²) >= 11 is 0. The van der Waals surface area contributed by atoms with Crippen LogP contribution in [0.4, 0.5) is 5.82 Å². The molecule has 0 radical (unpaired) electrons. The lowest BCUT2D eigenvalue weighted by atomic mass is 10.0. The van der Waals surface area contributed by atoms with E-state index < -0.39 is 0 Å². The number of aryl methyl sites for hydroxylation is 1. The summed E-state index contributed by atoms with van der Waals surface area (Å²) in [5.41, 5.74) is 2.67. The van der Waals surface area contributed by atoms with Crippen LogP contribution in [0.25, 0.3) is 0 Å². The average molecular weight is 275 g/mol. The van der Waals surface area contributed by atoms with Crippen LogP contribution in [0.5, 0.6) is 0 Å². The largest absolute Gasteiger partial charge is 0.367 e. The molecule has 0 saturated heterocycles. The first-order valence-electron chi connectivity index (χ1n) is 8.44. The van der Waals surface area contributed by atoms with E-state index in [0.29, 0.717) is 6.04 Å². The second kappa shape index (κ2) is 8.23. The van der Waals surface area contributed by atoms with Gasteiger partial charge in [-0.15, -0.1) is 0 Å². The Kier molecular flexibility index (Phi) is 6.28. The minimum atomic E-state index is 0.571. The van der Waals surface area contributed by atoms with Crippen molar-refractivity contribution in [2.75, 3.05) is 5.32 Å². The summed E-state index contributed by atoms with van der Waals surface area (Å²) in [6, 6.07) is 0.571. The highest BCUT2D eigenvalue weighted by molar-refractivity contribution is 5.47. The molecule has 1 unspecified atom stereocenters. The molecule has 112 valence electrons. The van der Waals surface area contributed by atoms with Crippen LogP contribution in [-0.4, -0.2) is 16.0 Å². The van der Waals surface area contributed by atoms with Gasteiger partial charge >= 0.3 is 0 Å². The summed E-state index contributed by atoms with van der Waals surface area (Å²) in [5.74, 6) is 1.12. The lowest BCUT2D eigenvalue weighted by Crippen LogP contribution is -2.21. The Bertz CT molecular complexity index is 403. The van der Waals surface area contributed by atoms with Crippen molar-refractivity contribution < 1.29 is 0 Å². The predicted molar refractivity (Wildman–Crippen MR) is 85.1 cm³/mol. The van der Waals surface area contributed by atoms with Gasteiger partial charge in [0.25, 0.3) is 0 Å². The molecule has 20 heavy (non-hydrogen) atoms. The number of anilines is 1. The second-order valence-electron chi connectivity index (χ2n) is 5.98. The van der Waals surface area contributed by atoms with Crippen LogP contribution in [-0.2, 0) is 12.8 Å². The third-order valence-electron chi connectivity index (χ3n) is 4.26. The van der Waals surface area contributed by atoms with Gasteiger partial charge in [-0.3, -0.25) is 0 Å². The molecule has 2 rings (SSSR count). The normalized spacial score (nSPS) is 16.3. The van der Waals surface area contributed by atoms with E-state index in [2.05, 4.69) is 29.1 Å². The Morgan fingerprint density at radius 1 is 1.05 bits per heavy atom. The van der Waals surface area contributed by atoms with E-state index in [1.165, 1.54) is 62.6 Å². The van der Waals surface area contributed by atoms with Gasteiger partial charge in [0, 0.05) is 17.3 Å². The number of aromatic nitrogens is 2. The first-order valence-corrected chi connectivity index (χ1v) is 8.44. The molecule has 0 bridgehead atoms. The van der Waals surface area contributed by atoms with Crippen molar-refractivity contribution in [3.63, 3.8) is 0 Å². The standard InChI is InChI=1S/C17H29N3/c1-3-5-10-14(9-4-2)20-17-15-11-7-6-8-12-16(15)18-13-19-17/h13-14H,3-12H2,1-2H3,(H,18,19,20). The highest BCUT2D eigenvalue weighted by Crippen LogP contribution is 2.25. The number of unbranched alkanes of at least 4 members (excludes halogenated alkanes) is 1. The summed E-state index contributed by atoms with van der Waals surface area (Å²) in [6.07, 6.45) is 14.2. The Morgan fingerprint density at radius 2 is 1.90 bits per heavy atom. The van der Waals surface area contributed by atoms with Crippen LogP contribution in [0.15, 0.2) is 6.33 Å². The van der Waals surface area contributed by atoms with Crippen molar-refractivity contribution in [2.24, 2.45) is 0 Å². The first-order chi connectivity index (χ1) is 9.85. The molecule has 1 aliphatic rings. The van der Waals surface area contributed by atoms with Crippen LogP contribution >= 0.6 is 0 Å². The smallest absolute Gasteiger partial charge is 0.133 e. The van der Waals surface area contributed by atoms with E-state index >= 15 is 0 Å². The topological polar surface area (TPSA) is 37.8 Å². The quantitative estimate of drug-likeness (QED) is 0.744. The van der Waals surface area contributed by atoms with E-state index in [1.807, 2.05) is 0 Å². The zero-order chi connectivity index (χ0) is 14.2. The van der Waals surface area contributed by atoms with Crippen molar-refractivity contribution in [3.8, 4) is 0 Å². The molecule has 0 saturated carbocycles. The van der Waals surface area contributed by atoms with Crippen LogP contribution in [0.3, 0.4) is 0 Å². The molecule has 0 aromatic carbocycles. The fourth-order valence-electron chi connectivity index (χ4n) is 3.10. The molecule has 1 N–H and O–H groups in total. The van der Waals surface area contributed by atoms with Gasteiger partial charge in [0.2, 0.25) is 0 Å². The third kappa shape index (κ3) is 4.19. The maximum absolute atomic E-state index is 4.54. The van der Waals surface area contributed by atoms with Gasteiger partial charge < -0.3 is 5.32 Å². The molecule has 1 atom stereocenters. The number of hydrogen-bond acceptors (Lipinski definition) is 3. The zero-order valence-electron chi connectivity index (χ0n) is 13.1. The van der Waals surface area contributed by atoms with Gasteiger partial charge in [0.05, 0.1) is 0 Å². The molecule has 1 heterocycles. The Labute approximate surface area is 123 Å². The Morgan fingerprint density at radius 3 is 2.70 bits per heavy atom. The van der Waals surface area contributed by atoms with Gasteiger partial charge in [-0.25, -0.2) is 9.97 Å². The molecule has 0 amide bonds. The molecular formula is C17H29N3. The molecule has 0 aliphatic heterocycles. The highest BCUT2D eigenvalue weighted by atomic mass is 15.0. The van der Waals surface area contributed by atoms with Crippen LogP contribution < -0.4 is 5.32 Å². The molecular weight excluding hydrogens is 246 g/mol. The molecule has 1 aromatic heterocycles. The second-order valence-corrected chi connectivity index (χ2v) is 5.98. The van der Waals surface area contributed by atoms with Gasteiger partial charge in [-0.05, 0) is 38.5 Å². The number of fused-ring (bicyclic) bond motifs is 1. The fraction of sp³-hybridized carbons (Fsp3) is 0.765. The average Bonchev–Trinajstić information content (AvgIpc) is 2.71. The lowest BCUT2D eigenvalue weighted by molar-refractivity contribution is 0.562. The monoisotopic (exact) mass is 275 g/mol. The van der Waals surface area contributed by atoms with Crippen molar-refractivity contribution in [1.82, 2.24) is 9.97 Å². The van der Waals surface area contributed by atoms with E-state index in [9.17, 15) is 0 Å². The minimum absolute atomic E-state index is 0.571. The predicted octanol–water partition coefficient (Wildman–Crippen LogP) is 4.52. The highest BCUT2D eigenvalue weighted by Gasteiger charge is 2.16. The zero-order valence-corrected chi connectivity index (χ0v) is 13.1. The number of rotatable bonds is 7. The van der Waals surface area contributed by atoms with E-state index in [4.69, 9.17) is 0 Å². The Hall–Kier alpha value is -1.12. The fourth-order valence-corrected chi connectivity index (χ4v) is 3.10. The third-order valence-corrected chi connectivity index (χ3v) is 4.26. The summed E-state index contributed by atoms with van der Waals surface area (Å²) in [5, 5.41) is 3.72. The SMILES string of the molecule is CCCCC(CCC)Nc1ncnc2c1CCCCC2. The van der Waals surface area contributed by atoms with Crippen LogP contribution in [0.2, 0.25) is 0 Å². The van der Waals surface area contributed by atoms with Gasteiger partial charge in [0.15, 0.2) is 0 Å². The van der Waals surface area contributed by atoms with Crippen molar-refractivity contribution in [1.29, 1.82) is 0 Å². The van der Waals surface area contributed by atoms with Crippen molar-refractivity contribution in [3.05, 3.63) is 17.6 Å². The maximum atomic E-state index is 4.54. The number of hydrogen-bond donors (Lipinski definition) is 1. The molecule has 0 fully saturated rings. The summed E-state index contributed by atoms with van der Waals surface area (Å²) in [4.78, 5) is 9.05. The molecule has 1 aliphatic carbocycles. The summed E-state index contributed by atoms with van der Waals surface area (Å²) in [7, 11) is 0. The molecule has 3 heteroatoms. The lowest BCUT2D eigenvalue weighted by Gasteiger charge is -2.21.